The van der Waals surface area contributed by atoms with Crippen molar-refractivity contribution >= 4 is 22.5 Å². The fraction of sp³-hybridized carbons (Fsp3) is 0.118. The van der Waals surface area contributed by atoms with E-state index in [1.807, 2.05) is 6.07 Å². The summed E-state index contributed by atoms with van der Waals surface area (Å²) in [7, 11) is 2.91. The lowest BCUT2D eigenvalue weighted by molar-refractivity contribution is 0.102. The molecular weight excluding hydrogens is 310 g/mol. The Morgan fingerprint density at radius 1 is 1.12 bits per heavy atom. The van der Waals surface area contributed by atoms with Crippen LogP contribution in [0, 0.1) is 0 Å². The number of fused-ring (bicyclic) bond motifs is 1. The molecule has 3 rings (SSSR count). The molecule has 1 amide bonds. The number of rotatable bonds is 4. The van der Waals surface area contributed by atoms with Gasteiger partial charge in [0.15, 0.2) is 0 Å². The summed E-state index contributed by atoms with van der Waals surface area (Å²) in [4.78, 5) is 32.0. The van der Waals surface area contributed by atoms with E-state index >= 15 is 0 Å². The van der Waals surface area contributed by atoms with Gasteiger partial charge in [-0.3, -0.25) is 9.59 Å². The SMILES string of the molecule is COc1ccc(NC(=O)c2c[nH]c3ccccc3c2=O)c(OC)n1. The monoisotopic (exact) mass is 325 g/mol. The standard InChI is InChI=1S/C17H15N3O4/c1-23-14-8-7-13(17(20-14)24-2)19-16(22)11-9-18-12-6-4-3-5-10(12)15(11)21/h3-9H,1-2H3,(H,18,21)(H,19,22). The van der Waals surface area contributed by atoms with Gasteiger partial charge in [0.1, 0.15) is 11.3 Å². The highest BCUT2D eigenvalue weighted by Crippen LogP contribution is 2.25. The third-order valence-electron chi connectivity index (χ3n) is 3.52. The Morgan fingerprint density at radius 3 is 2.67 bits per heavy atom. The van der Waals surface area contributed by atoms with E-state index in [-0.39, 0.29) is 16.9 Å². The normalized spacial score (nSPS) is 10.4. The summed E-state index contributed by atoms with van der Waals surface area (Å²) >= 11 is 0. The number of nitrogens with one attached hydrogen (secondary N) is 2. The summed E-state index contributed by atoms with van der Waals surface area (Å²) in [5.41, 5.74) is 0.674. The topological polar surface area (TPSA) is 93.3 Å². The van der Waals surface area contributed by atoms with Gasteiger partial charge in [-0.05, 0) is 18.2 Å². The maximum absolute atomic E-state index is 12.5. The van der Waals surface area contributed by atoms with Crippen LogP contribution in [-0.4, -0.2) is 30.1 Å². The molecule has 2 N–H and O–H groups in total. The number of hydrogen-bond donors (Lipinski definition) is 2. The van der Waals surface area contributed by atoms with Gasteiger partial charge in [0.05, 0.1) is 14.2 Å². The van der Waals surface area contributed by atoms with Crippen LogP contribution in [0.1, 0.15) is 10.4 Å². The van der Waals surface area contributed by atoms with Crippen molar-refractivity contribution in [3.8, 4) is 11.8 Å². The van der Waals surface area contributed by atoms with E-state index in [0.29, 0.717) is 22.5 Å². The van der Waals surface area contributed by atoms with Crippen LogP contribution >= 0.6 is 0 Å². The van der Waals surface area contributed by atoms with Gasteiger partial charge in [0.2, 0.25) is 17.2 Å². The largest absolute Gasteiger partial charge is 0.481 e. The van der Waals surface area contributed by atoms with Crippen molar-refractivity contribution in [1.82, 2.24) is 9.97 Å². The number of anilines is 1. The van der Waals surface area contributed by atoms with Crippen molar-refractivity contribution in [2.45, 2.75) is 0 Å². The predicted molar refractivity (Wildman–Crippen MR) is 89.9 cm³/mol. The van der Waals surface area contributed by atoms with E-state index < -0.39 is 5.91 Å². The number of carbonyl (C=O) groups is 1. The Morgan fingerprint density at radius 2 is 1.92 bits per heavy atom. The molecule has 7 heteroatoms. The van der Waals surface area contributed by atoms with Crippen molar-refractivity contribution in [3.63, 3.8) is 0 Å². The van der Waals surface area contributed by atoms with E-state index in [4.69, 9.17) is 9.47 Å². The van der Waals surface area contributed by atoms with Gasteiger partial charge in [-0.2, -0.15) is 4.98 Å². The first kappa shape index (κ1) is 15.5. The molecule has 0 saturated heterocycles. The zero-order valence-electron chi connectivity index (χ0n) is 13.1. The number of carbonyl (C=O) groups excluding carboxylic acids is 1. The first-order valence-electron chi connectivity index (χ1n) is 7.15. The Balaban J connectivity index is 1.96. The lowest BCUT2D eigenvalue weighted by atomic mass is 10.1. The van der Waals surface area contributed by atoms with E-state index in [1.54, 1.807) is 30.3 Å². The van der Waals surface area contributed by atoms with Crippen molar-refractivity contribution in [3.05, 3.63) is 58.4 Å². The van der Waals surface area contributed by atoms with Crippen LogP contribution in [0.5, 0.6) is 11.8 Å². The Kier molecular flexibility index (Phi) is 4.15. The molecule has 0 saturated carbocycles. The number of ether oxygens (including phenoxy) is 2. The average Bonchev–Trinajstić information content (AvgIpc) is 2.62. The zero-order chi connectivity index (χ0) is 17.1. The van der Waals surface area contributed by atoms with Crippen molar-refractivity contribution in [2.75, 3.05) is 19.5 Å². The van der Waals surface area contributed by atoms with Gasteiger partial charge in [-0.1, -0.05) is 12.1 Å². The molecule has 0 fully saturated rings. The van der Waals surface area contributed by atoms with Crippen molar-refractivity contribution in [1.29, 1.82) is 0 Å². The van der Waals surface area contributed by atoms with E-state index in [9.17, 15) is 9.59 Å². The van der Waals surface area contributed by atoms with Crippen LogP contribution in [0.2, 0.25) is 0 Å². The van der Waals surface area contributed by atoms with Gasteiger partial charge < -0.3 is 19.8 Å². The van der Waals surface area contributed by atoms with Gasteiger partial charge in [0.25, 0.3) is 5.91 Å². The molecule has 0 unspecified atom stereocenters. The summed E-state index contributed by atoms with van der Waals surface area (Å²) in [6.45, 7) is 0. The molecule has 0 aliphatic carbocycles. The van der Waals surface area contributed by atoms with E-state index in [1.165, 1.54) is 20.4 Å². The maximum Gasteiger partial charge on any atom is 0.261 e. The molecule has 2 heterocycles. The number of para-hydroxylation sites is 1. The molecule has 122 valence electrons. The Hall–Kier alpha value is -3.35. The van der Waals surface area contributed by atoms with Crippen LogP contribution in [-0.2, 0) is 0 Å². The highest BCUT2D eigenvalue weighted by molar-refractivity contribution is 6.06. The van der Waals surface area contributed by atoms with Crippen LogP contribution in [0.4, 0.5) is 5.69 Å². The molecule has 0 atom stereocenters. The summed E-state index contributed by atoms with van der Waals surface area (Å²) in [6, 6.07) is 10.2. The lowest BCUT2D eigenvalue weighted by Gasteiger charge is -2.10. The number of H-pyrrole nitrogens is 1. The van der Waals surface area contributed by atoms with Gasteiger partial charge >= 0.3 is 0 Å². The molecule has 0 aliphatic heterocycles. The molecule has 0 spiro atoms. The van der Waals surface area contributed by atoms with Crippen molar-refractivity contribution < 1.29 is 14.3 Å². The van der Waals surface area contributed by atoms with Crippen molar-refractivity contribution in [2.24, 2.45) is 0 Å². The second-order valence-electron chi connectivity index (χ2n) is 4.94. The van der Waals surface area contributed by atoms with Crippen LogP contribution in [0.15, 0.2) is 47.4 Å². The van der Waals surface area contributed by atoms with Gasteiger partial charge in [-0.25, -0.2) is 0 Å². The lowest BCUT2D eigenvalue weighted by Crippen LogP contribution is -2.22. The number of nitrogens with zero attached hydrogens (tertiary/aromatic N) is 1. The van der Waals surface area contributed by atoms with Gasteiger partial charge in [-0.15, -0.1) is 0 Å². The summed E-state index contributed by atoms with van der Waals surface area (Å²) < 4.78 is 10.1. The molecule has 7 nitrogen and oxygen atoms in total. The number of methoxy groups -OCH3 is 2. The predicted octanol–water partition coefficient (Wildman–Crippen LogP) is 2.19. The molecule has 0 radical (unpaired) electrons. The Bertz CT molecular complexity index is 965. The fourth-order valence-electron chi connectivity index (χ4n) is 2.31. The van der Waals surface area contributed by atoms with E-state index in [0.717, 1.165) is 0 Å². The fourth-order valence-corrected chi connectivity index (χ4v) is 2.31. The quantitative estimate of drug-likeness (QED) is 0.767. The van der Waals surface area contributed by atoms with Crippen LogP contribution in [0.3, 0.4) is 0 Å². The van der Waals surface area contributed by atoms with Gasteiger partial charge in [0, 0.05) is 23.2 Å². The number of amides is 1. The third-order valence-corrected chi connectivity index (χ3v) is 3.52. The highest BCUT2D eigenvalue weighted by atomic mass is 16.5. The smallest absolute Gasteiger partial charge is 0.261 e. The number of hydrogen-bond acceptors (Lipinski definition) is 5. The second-order valence-corrected chi connectivity index (χ2v) is 4.94. The third kappa shape index (κ3) is 2.79. The molecule has 0 aliphatic rings. The minimum Gasteiger partial charge on any atom is -0.481 e. The summed E-state index contributed by atoms with van der Waals surface area (Å²) in [6.07, 6.45) is 1.39. The first-order valence-corrected chi connectivity index (χ1v) is 7.15. The Labute approximate surface area is 137 Å². The van der Waals surface area contributed by atoms with Crippen LogP contribution in [0.25, 0.3) is 10.9 Å². The van der Waals surface area contributed by atoms with Crippen LogP contribution < -0.4 is 20.2 Å². The molecule has 3 aromatic rings. The molecule has 2 aromatic heterocycles. The summed E-state index contributed by atoms with van der Waals surface area (Å²) in [5.74, 6) is 0.000545. The highest BCUT2D eigenvalue weighted by Gasteiger charge is 2.16. The average molecular weight is 325 g/mol. The minimum atomic E-state index is -0.549. The number of benzene rings is 1. The number of pyridine rings is 2. The molecule has 1 aromatic carbocycles. The number of aromatic nitrogens is 2. The number of aromatic amines is 1. The zero-order valence-corrected chi connectivity index (χ0v) is 13.1. The molecule has 0 bridgehead atoms. The van der Waals surface area contributed by atoms with E-state index in [2.05, 4.69) is 15.3 Å². The summed E-state index contributed by atoms with van der Waals surface area (Å²) in [5, 5.41) is 3.08. The molecule has 24 heavy (non-hydrogen) atoms. The molecular formula is C17H15N3O4. The minimum absolute atomic E-state index is 0.00608. The maximum atomic E-state index is 12.5. The second kappa shape index (κ2) is 6.41. The first-order chi connectivity index (χ1) is 11.6.